The Labute approximate surface area is 146 Å². The van der Waals surface area contributed by atoms with E-state index in [1.54, 1.807) is 6.33 Å². The first-order valence-corrected chi connectivity index (χ1v) is 8.80. The van der Waals surface area contributed by atoms with E-state index in [-0.39, 0.29) is 5.56 Å². The van der Waals surface area contributed by atoms with Gasteiger partial charge >= 0.3 is 0 Å². The molecule has 0 saturated heterocycles. The van der Waals surface area contributed by atoms with E-state index in [1.165, 1.54) is 0 Å². The van der Waals surface area contributed by atoms with E-state index in [9.17, 15) is 4.79 Å². The summed E-state index contributed by atoms with van der Waals surface area (Å²) in [5, 5.41) is 1.04. The predicted octanol–water partition coefficient (Wildman–Crippen LogP) is 4.20. The van der Waals surface area contributed by atoms with Crippen molar-refractivity contribution in [2.75, 3.05) is 0 Å². The molecule has 2 aromatic heterocycles. The fourth-order valence-corrected chi connectivity index (χ4v) is 3.39. The van der Waals surface area contributed by atoms with Crippen LogP contribution in [0, 0.1) is 0 Å². The van der Waals surface area contributed by atoms with Crippen molar-refractivity contribution in [2.24, 2.45) is 0 Å². The van der Waals surface area contributed by atoms with Crippen LogP contribution in [0.5, 0.6) is 0 Å². The van der Waals surface area contributed by atoms with Crippen LogP contribution >= 0.6 is 0 Å². The molecule has 0 bridgehead atoms. The molecule has 4 heteroatoms. The first kappa shape index (κ1) is 15.6. The van der Waals surface area contributed by atoms with Crippen LogP contribution in [0.1, 0.15) is 25.3 Å². The summed E-state index contributed by atoms with van der Waals surface area (Å²) < 4.78 is 3.88. The van der Waals surface area contributed by atoms with Crippen LogP contribution in [-0.2, 0) is 13.1 Å². The topological polar surface area (TPSA) is 39.8 Å². The third-order valence-corrected chi connectivity index (χ3v) is 4.67. The molecule has 0 unspecified atom stereocenters. The summed E-state index contributed by atoms with van der Waals surface area (Å²) in [7, 11) is 0. The molecule has 2 heterocycles. The zero-order valence-corrected chi connectivity index (χ0v) is 14.4. The maximum atomic E-state index is 13.2. The Bertz CT molecular complexity index is 1080. The molecular formula is C21H21N3O. The van der Waals surface area contributed by atoms with Crippen LogP contribution in [0.4, 0.5) is 0 Å². The molecule has 126 valence electrons. The van der Waals surface area contributed by atoms with Crippen molar-refractivity contribution in [1.29, 1.82) is 0 Å². The molecule has 2 aromatic carbocycles. The van der Waals surface area contributed by atoms with E-state index in [0.717, 1.165) is 41.4 Å². The Kier molecular flexibility index (Phi) is 4.10. The highest BCUT2D eigenvalue weighted by Gasteiger charge is 2.15. The lowest BCUT2D eigenvalue weighted by atomic mass is 10.1. The molecule has 4 nitrogen and oxygen atoms in total. The average molecular weight is 331 g/mol. The number of fused-ring (bicyclic) bond motifs is 3. The zero-order valence-electron chi connectivity index (χ0n) is 14.4. The van der Waals surface area contributed by atoms with Crippen LogP contribution in [0.3, 0.4) is 0 Å². The minimum absolute atomic E-state index is 0.0515. The van der Waals surface area contributed by atoms with Gasteiger partial charge in [0, 0.05) is 18.5 Å². The Balaban J connectivity index is 1.95. The third kappa shape index (κ3) is 2.74. The van der Waals surface area contributed by atoms with Crippen LogP contribution in [0.2, 0.25) is 0 Å². The molecule has 0 aliphatic heterocycles. The van der Waals surface area contributed by atoms with E-state index in [1.807, 2.05) is 45.5 Å². The second-order valence-corrected chi connectivity index (χ2v) is 6.38. The molecule has 0 aliphatic carbocycles. The van der Waals surface area contributed by atoms with Gasteiger partial charge in [0.05, 0.1) is 11.8 Å². The molecule has 0 saturated carbocycles. The van der Waals surface area contributed by atoms with Gasteiger partial charge < -0.3 is 9.13 Å². The molecule has 4 aromatic rings. The van der Waals surface area contributed by atoms with Crippen LogP contribution < -0.4 is 5.56 Å². The highest BCUT2D eigenvalue weighted by Crippen LogP contribution is 2.22. The number of hydrogen-bond acceptors (Lipinski definition) is 2. The molecule has 0 fully saturated rings. The Morgan fingerprint density at radius 3 is 2.56 bits per heavy atom. The number of benzene rings is 2. The van der Waals surface area contributed by atoms with Gasteiger partial charge in [-0.3, -0.25) is 4.79 Å². The second-order valence-electron chi connectivity index (χ2n) is 6.38. The average Bonchev–Trinajstić information content (AvgIpc) is 3.07. The lowest BCUT2D eigenvalue weighted by Gasteiger charge is -2.12. The van der Waals surface area contributed by atoms with Crippen molar-refractivity contribution in [3.63, 3.8) is 0 Å². The largest absolute Gasteiger partial charge is 0.322 e. The number of unbranched alkanes of at least 4 members (excludes halogenated alkanes) is 1. The number of nitrogens with zero attached hydrogens (tertiary/aromatic N) is 3. The fourth-order valence-electron chi connectivity index (χ4n) is 3.39. The lowest BCUT2D eigenvalue weighted by Crippen LogP contribution is -2.23. The highest BCUT2D eigenvalue weighted by molar-refractivity contribution is 6.02. The van der Waals surface area contributed by atoms with E-state index in [0.29, 0.717) is 12.1 Å². The zero-order chi connectivity index (χ0) is 17.2. The van der Waals surface area contributed by atoms with E-state index in [2.05, 4.69) is 30.1 Å². The smallest absolute Gasteiger partial charge is 0.277 e. The predicted molar refractivity (Wildman–Crippen MR) is 102 cm³/mol. The normalized spacial score (nSPS) is 11.4. The van der Waals surface area contributed by atoms with Gasteiger partial charge in [-0.2, -0.15) is 0 Å². The van der Waals surface area contributed by atoms with Crippen LogP contribution in [0.15, 0.2) is 65.7 Å². The lowest BCUT2D eigenvalue weighted by molar-refractivity contribution is 0.632. The summed E-state index contributed by atoms with van der Waals surface area (Å²) in [4.78, 5) is 17.8. The second kappa shape index (κ2) is 6.55. The van der Waals surface area contributed by atoms with Gasteiger partial charge in [0.15, 0.2) is 0 Å². The summed E-state index contributed by atoms with van der Waals surface area (Å²) in [5.41, 5.74) is 3.67. The first-order chi connectivity index (χ1) is 12.3. The molecule has 0 spiro atoms. The molecule has 0 radical (unpaired) electrons. The Morgan fingerprint density at radius 2 is 1.76 bits per heavy atom. The van der Waals surface area contributed by atoms with Crippen molar-refractivity contribution in [3.05, 3.63) is 76.8 Å². The van der Waals surface area contributed by atoms with Crippen molar-refractivity contribution in [1.82, 2.24) is 14.1 Å². The first-order valence-electron chi connectivity index (χ1n) is 8.80. The number of pyridine rings is 1. The van der Waals surface area contributed by atoms with Crippen LogP contribution in [0.25, 0.3) is 21.9 Å². The van der Waals surface area contributed by atoms with E-state index in [4.69, 9.17) is 0 Å². The maximum Gasteiger partial charge on any atom is 0.277 e. The molecule has 0 amide bonds. The molecule has 25 heavy (non-hydrogen) atoms. The summed E-state index contributed by atoms with van der Waals surface area (Å²) in [5.74, 6) is 0. The third-order valence-electron chi connectivity index (χ3n) is 4.67. The van der Waals surface area contributed by atoms with E-state index >= 15 is 0 Å². The summed E-state index contributed by atoms with van der Waals surface area (Å²) in [6.07, 6.45) is 3.83. The standard InChI is InChI=1S/C21H21N3O/c1-2-3-13-24-18-12-8-7-11-17(18)19-20(21(24)25)23(15-22-19)14-16-9-5-4-6-10-16/h4-12,15H,2-3,13-14H2,1H3. The monoisotopic (exact) mass is 331 g/mol. The number of rotatable bonds is 5. The van der Waals surface area contributed by atoms with Crippen molar-refractivity contribution in [3.8, 4) is 0 Å². The number of para-hydroxylation sites is 1. The van der Waals surface area contributed by atoms with Crippen molar-refractivity contribution < 1.29 is 0 Å². The fraction of sp³-hybridized carbons (Fsp3) is 0.238. The number of aromatic nitrogens is 3. The van der Waals surface area contributed by atoms with E-state index < -0.39 is 0 Å². The van der Waals surface area contributed by atoms with Gasteiger partial charge in [0.1, 0.15) is 11.0 Å². The van der Waals surface area contributed by atoms with Gasteiger partial charge in [0.2, 0.25) is 0 Å². The van der Waals surface area contributed by atoms with Crippen molar-refractivity contribution in [2.45, 2.75) is 32.9 Å². The van der Waals surface area contributed by atoms with Gasteiger partial charge in [-0.15, -0.1) is 0 Å². The number of imidazole rings is 1. The van der Waals surface area contributed by atoms with Gasteiger partial charge in [-0.05, 0) is 18.1 Å². The van der Waals surface area contributed by atoms with Crippen LogP contribution in [-0.4, -0.2) is 14.1 Å². The Morgan fingerprint density at radius 1 is 1.00 bits per heavy atom. The number of aryl methyl sites for hydroxylation is 1. The van der Waals surface area contributed by atoms with Gasteiger partial charge in [-0.1, -0.05) is 61.9 Å². The Hall–Kier alpha value is -2.88. The molecule has 0 atom stereocenters. The van der Waals surface area contributed by atoms with Gasteiger partial charge in [0.25, 0.3) is 5.56 Å². The summed E-state index contributed by atoms with van der Waals surface area (Å²) in [6, 6.07) is 18.2. The summed E-state index contributed by atoms with van der Waals surface area (Å²) >= 11 is 0. The quantitative estimate of drug-likeness (QED) is 0.550. The SMILES string of the molecule is CCCCn1c(=O)c2c(ncn2Cc2ccccc2)c2ccccc21. The molecule has 4 rings (SSSR count). The molecular weight excluding hydrogens is 310 g/mol. The molecule has 0 N–H and O–H groups in total. The van der Waals surface area contributed by atoms with Crippen molar-refractivity contribution >= 4 is 21.9 Å². The highest BCUT2D eigenvalue weighted by atomic mass is 16.1. The summed E-state index contributed by atoms with van der Waals surface area (Å²) in [6.45, 7) is 3.53. The maximum absolute atomic E-state index is 13.2. The molecule has 0 aliphatic rings. The minimum atomic E-state index is 0.0515. The van der Waals surface area contributed by atoms with Gasteiger partial charge in [-0.25, -0.2) is 4.98 Å². The minimum Gasteiger partial charge on any atom is -0.322 e. The number of hydrogen-bond donors (Lipinski definition) is 0.